The van der Waals surface area contributed by atoms with E-state index in [1.54, 1.807) is 13.0 Å². The third-order valence-electron chi connectivity index (χ3n) is 3.82. The van der Waals surface area contributed by atoms with Gasteiger partial charge in [0.15, 0.2) is 0 Å². The highest BCUT2D eigenvalue weighted by atomic mass is 32.1. The van der Waals surface area contributed by atoms with Gasteiger partial charge in [-0.05, 0) is 31.6 Å². The highest BCUT2D eigenvalue weighted by Gasteiger charge is 2.20. The molecular weight excluding hydrogens is 346 g/mol. The van der Waals surface area contributed by atoms with E-state index in [4.69, 9.17) is 4.74 Å². The van der Waals surface area contributed by atoms with Crippen molar-refractivity contribution in [2.24, 2.45) is 0 Å². The van der Waals surface area contributed by atoms with Crippen LogP contribution in [0.1, 0.15) is 28.4 Å². The van der Waals surface area contributed by atoms with Crippen LogP contribution in [-0.2, 0) is 9.53 Å². The maximum atomic E-state index is 12.3. The predicted molar refractivity (Wildman–Crippen MR) is 107 cm³/mol. The molecule has 0 aliphatic rings. The van der Waals surface area contributed by atoms with Crippen molar-refractivity contribution in [1.29, 1.82) is 0 Å². The number of carbonyl (C=O) groups is 2. The lowest BCUT2D eigenvalue weighted by molar-refractivity contribution is -0.111. The van der Waals surface area contributed by atoms with Gasteiger partial charge in [-0.25, -0.2) is 4.79 Å². The molecule has 3 rings (SSSR count). The van der Waals surface area contributed by atoms with E-state index in [0.29, 0.717) is 10.6 Å². The van der Waals surface area contributed by atoms with Crippen LogP contribution in [0.2, 0.25) is 0 Å². The van der Waals surface area contributed by atoms with Crippen LogP contribution < -0.4 is 5.32 Å². The summed E-state index contributed by atoms with van der Waals surface area (Å²) in [6.45, 7) is 4.05. The number of rotatable bonds is 5. The molecule has 132 valence electrons. The average molecular weight is 365 g/mol. The number of benzene rings is 2. The van der Waals surface area contributed by atoms with Crippen molar-refractivity contribution in [2.75, 3.05) is 11.9 Å². The number of anilines is 1. The van der Waals surface area contributed by atoms with E-state index < -0.39 is 5.97 Å². The Labute approximate surface area is 156 Å². The minimum Gasteiger partial charge on any atom is -0.462 e. The lowest BCUT2D eigenvalue weighted by Crippen LogP contribution is -2.12. The normalized spacial score (nSPS) is 11.0. The molecule has 0 saturated heterocycles. The zero-order valence-electron chi connectivity index (χ0n) is 14.6. The Bertz CT molecular complexity index is 971. The minimum absolute atomic E-state index is 0.281. The third-order valence-corrected chi connectivity index (χ3v) is 4.90. The van der Waals surface area contributed by atoms with Gasteiger partial charge in [0.25, 0.3) is 0 Å². The minimum atomic E-state index is -0.428. The van der Waals surface area contributed by atoms with Gasteiger partial charge in [0.1, 0.15) is 10.6 Å². The molecule has 0 atom stereocenters. The van der Waals surface area contributed by atoms with E-state index in [1.807, 2.05) is 55.5 Å². The summed E-state index contributed by atoms with van der Waals surface area (Å²) in [7, 11) is 0. The van der Waals surface area contributed by atoms with E-state index in [0.717, 1.165) is 21.2 Å². The van der Waals surface area contributed by atoms with Crippen molar-refractivity contribution in [3.05, 3.63) is 71.3 Å². The van der Waals surface area contributed by atoms with E-state index in [-0.39, 0.29) is 12.5 Å². The van der Waals surface area contributed by atoms with Gasteiger partial charge in [-0.1, -0.05) is 48.0 Å². The molecule has 1 N–H and O–H groups in total. The van der Waals surface area contributed by atoms with Crippen molar-refractivity contribution in [2.45, 2.75) is 13.8 Å². The van der Waals surface area contributed by atoms with Crippen molar-refractivity contribution < 1.29 is 14.3 Å². The maximum absolute atomic E-state index is 12.3. The Hall–Kier alpha value is -2.92. The lowest BCUT2D eigenvalue weighted by Gasteiger charge is -2.05. The monoisotopic (exact) mass is 365 g/mol. The topological polar surface area (TPSA) is 55.4 Å². The van der Waals surface area contributed by atoms with Crippen LogP contribution in [0, 0.1) is 6.92 Å². The Morgan fingerprint density at radius 3 is 2.58 bits per heavy atom. The first-order chi connectivity index (χ1) is 12.6. The van der Waals surface area contributed by atoms with Crippen LogP contribution in [-0.4, -0.2) is 18.5 Å². The summed E-state index contributed by atoms with van der Waals surface area (Å²) >= 11 is 1.36. The maximum Gasteiger partial charge on any atom is 0.341 e. The molecule has 4 nitrogen and oxygen atoms in total. The zero-order chi connectivity index (χ0) is 18.5. The number of thiophene rings is 1. The van der Waals surface area contributed by atoms with Crippen LogP contribution >= 0.6 is 11.3 Å². The second-order valence-electron chi connectivity index (χ2n) is 5.76. The van der Waals surface area contributed by atoms with Gasteiger partial charge in [0, 0.05) is 16.2 Å². The molecule has 5 heteroatoms. The van der Waals surface area contributed by atoms with E-state index >= 15 is 0 Å². The molecule has 2 aromatic carbocycles. The van der Waals surface area contributed by atoms with Gasteiger partial charge in [0.05, 0.1) is 6.61 Å². The fourth-order valence-electron chi connectivity index (χ4n) is 2.54. The van der Waals surface area contributed by atoms with Crippen LogP contribution in [0.15, 0.2) is 54.6 Å². The second-order valence-corrected chi connectivity index (χ2v) is 6.81. The van der Waals surface area contributed by atoms with Crippen molar-refractivity contribution >= 4 is 44.4 Å². The zero-order valence-corrected chi connectivity index (χ0v) is 15.4. The molecule has 0 unspecified atom stereocenters. The molecular formula is C21H19NO3S. The van der Waals surface area contributed by atoms with Gasteiger partial charge in [0.2, 0.25) is 5.91 Å². The number of nitrogens with one attached hydrogen (secondary N) is 1. The Morgan fingerprint density at radius 2 is 1.85 bits per heavy atom. The van der Waals surface area contributed by atoms with Crippen LogP contribution in [0.5, 0.6) is 0 Å². The standard InChI is InChI=1S/C21H19NO3S/c1-3-25-21(24)19-16-6-4-5-7-17(16)26-20(19)22-18(23)13-12-15-10-8-14(2)9-11-15/h4-13H,3H2,1-2H3,(H,22,23)/b13-12+. The lowest BCUT2D eigenvalue weighted by atomic mass is 10.1. The number of esters is 1. The predicted octanol–water partition coefficient (Wildman–Crippen LogP) is 5.04. The summed E-state index contributed by atoms with van der Waals surface area (Å²) in [6, 6.07) is 15.4. The highest BCUT2D eigenvalue weighted by molar-refractivity contribution is 7.23. The third kappa shape index (κ3) is 4.00. The summed E-state index contributed by atoms with van der Waals surface area (Å²) < 4.78 is 6.08. The number of aryl methyl sites for hydroxylation is 1. The SMILES string of the molecule is CCOC(=O)c1c(NC(=O)/C=C/c2ccc(C)cc2)sc2ccccc12. The molecule has 0 bridgehead atoms. The summed E-state index contributed by atoms with van der Waals surface area (Å²) in [5.74, 6) is -0.717. The molecule has 0 aliphatic heterocycles. The molecule has 1 heterocycles. The molecule has 0 spiro atoms. The van der Waals surface area contributed by atoms with Crippen molar-refractivity contribution in [3.63, 3.8) is 0 Å². The number of hydrogen-bond donors (Lipinski definition) is 1. The van der Waals surface area contributed by atoms with Gasteiger partial charge in [-0.2, -0.15) is 0 Å². The number of ether oxygens (including phenoxy) is 1. The van der Waals surface area contributed by atoms with Crippen LogP contribution in [0.25, 0.3) is 16.2 Å². The van der Waals surface area contributed by atoms with Gasteiger partial charge in [-0.3, -0.25) is 4.79 Å². The Balaban J connectivity index is 1.85. The Morgan fingerprint density at radius 1 is 1.12 bits per heavy atom. The first-order valence-electron chi connectivity index (χ1n) is 8.33. The fraction of sp³-hybridized carbons (Fsp3) is 0.143. The summed E-state index contributed by atoms with van der Waals surface area (Å²) in [5, 5.41) is 4.10. The van der Waals surface area contributed by atoms with Gasteiger partial charge < -0.3 is 10.1 Å². The number of fused-ring (bicyclic) bond motifs is 1. The van der Waals surface area contributed by atoms with Crippen molar-refractivity contribution in [3.8, 4) is 0 Å². The Kier molecular flexibility index (Phi) is 5.49. The average Bonchev–Trinajstić information content (AvgIpc) is 2.99. The molecule has 26 heavy (non-hydrogen) atoms. The first-order valence-corrected chi connectivity index (χ1v) is 9.14. The van der Waals surface area contributed by atoms with E-state index in [9.17, 15) is 9.59 Å². The number of amides is 1. The summed E-state index contributed by atoms with van der Waals surface area (Å²) in [4.78, 5) is 24.7. The van der Waals surface area contributed by atoms with E-state index in [2.05, 4.69) is 5.32 Å². The molecule has 0 saturated carbocycles. The second kappa shape index (κ2) is 7.97. The van der Waals surface area contributed by atoms with Crippen LogP contribution in [0.3, 0.4) is 0 Å². The summed E-state index contributed by atoms with van der Waals surface area (Å²) in [6.07, 6.45) is 3.20. The van der Waals surface area contributed by atoms with Gasteiger partial charge >= 0.3 is 5.97 Å². The molecule has 0 fully saturated rings. The number of hydrogen-bond acceptors (Lipinski definition) is 4. The quantitative estimate of drug-likeness (QED) is 0.509. The smallest absolute Gasteiger partial charge is 0.341 e. The van der Waals surface area contributed by atoms with Gasteiger partial charge in [-0.15, -0.1) is 11.3 Å². The first kappa shape index (κ1) is 17.9. The highest BCUT2D eigenvalue weighted by Crippen LogP contribution is 2.36. The number of carbonyl (C=O) groups excluding carboxylic acids is 2. The summed E-state index contributed by atoms with van der Waals surface area (Å²) in [5.41, 5.74) is 2.51. The molecule has 3 aromatic rings. The van der Waals surface area contributed by atoms with Crippen molar-refractivity contribution in [1.82, 2.24) is 0 Å². The molecule has 0 aliphatic carbocycles. The largest absolute Gasteiger partial charge is 0.462 e. The molecule has 1 aromatic heterocycles. The molecule has 0 radical (unpaired) electrons. The van der Waals surface area contributed by atoms with Crippen LogP contribution in [0.4, 0.5) is 5.00 Å². The fourth-order valence-corrected chi connectivity index (χ4v) is 3.64. The molecule has 1 amide bonds. The van der Waals surface area contributed by atoms with E-state index in [1.165, 1.54) is 17.4 Å².